The Morgan fingerprint density at radius 1 is 1.12 bits per heavy atom. The van der Waals surface area contributed by atoms with Crippen LogP contribution in [0.3, 0.4) is 0 Å². The first kappa shape index (κ1) is 16.3. The number of nitrogens with zero attached hydrogens (tertiary/aromatic N) is 4. The molecular formula is C17H12Cl2N4OS. The van der Waals surface area contributed by atoms with Crippen LogP contribution >= 0.6 is 34.5 Å². The summed E-state index contributed by atoms with van der Waals surface area (Å²) in [5.74, 6) is 0. The topological polar surface area (TPSA) is 51.0 Å². The molecule has 0 aliphatic heterocycles. The molecule has 0 amide bonds. The number of thiophene rings is 1. The molecule has 3 aromatic heterocycles. The standard InChI is InChI=1S/C17H12Cl2N4OS/c1-22(2)14-12-11(7-20-16(14)19)25-15-13(12)21-8-23(17(15)24)10-5-3-9(18)4-6-10/h3-8H,1-2H3. The second-order valence-electron chi connectivity index (χ2n) is 5.71. The number of hydrogen-bond acceptors (Lipinski definition) is 5. The summed E-state index contributed by atoms with van der Waals surface area (Å²) in [5, 5.41) is 1.86. The van der Waals surface area contributed by atoms with Crippen LogP contribution in [0.25, 0.3) is 26.0 Å². The molecule has 0 bridgehead atoms. The van der Waals surface area contributed by atoms with Crippen LogP contribution in [0.5, 0.6) is 0 Å². The summed E-state index contributed by atoms with van der Waals surface area (Å²) >= 11 is 13.6. The smallest absolute Gasteiger partial charge is 0.275 e. The molecule has 0 aliphatic rings. The zero-order chi connectivity index (χ0) is 17.7. The molecule has 0 N–H and O–H groups in total. The van der Waals surface area contributed by atoms with Crippen molar-refractivity contribution in [3.05, 3.63) is 57.3 Å². The SMILES string of the molecule is CN(C)c1c(Cl)ncc2sc3c(=O)n(-c4ccc(Cl)cc4)cnc3c12. The summed E-state index contributed by atoms with van der Waals surface area (Å²) in [6.07, 6.45) is 3.22. The van der Waals surface area contributed by atoms with Gasteiger partial charge in [-0.05, 0) is 24.3 Å². The van der Waals surface area contributed by atoms with Gasteiger partial charge in [-0.15, -0.1) is 11.3 Å². The van der Waals surface area contributed by atoms with Crippen LogP contribution in [0.4, 0.5) is 5.69 Å². The first-order valence-corrected chi connectivity index (χ1v) is 8.96. The van der Waals surface area contributed by atoms with Gasteiger partial charge in [-0.25, -0.2) is 9.97 Å². The average Bonchev–Trinajstić information content (AvgIpc) is 2.95. The van der Waals surface area contributed by atoms with Crippen LogP contribution in [-0.4, -0.2) is 28.6 Å². The first-order chi connectivity index (χ1) is 12.0. The van der Waals surface area contributed by atoms with Crippen molar-refractivity contribution < 1.29 is 0 Å². The van der Waals surface area contributed by atoms with Crippen LogP contribution in [0.1, 0.15) is 0 Å². The van der Waals surface area contributed by atoms with Gasteiger partial charge in [-0.1, -0.05) is 23.2 Å². The second kappa shape index (κ2) is 5.98. The third-order valence-electron chi connectivity index (χ3n) is 3.91. The van der Waals surface area contributed by atoms with Gasteiger partial charge in [-0.2, -0.15) is 0 Å². The molecule has 0 fully saturated rings. The van der Waals surface area contributed by atoms with Crippen molar-refractivity contribution in [3.8, 4) is 5.69 Å². The van der Waals surface area contributed by atoms with Crippen LogP contribution in [-0.2, 0) is 0 Å². The van der Waals surface area contributed by atoms with Crippen LogP contribution < -0.4 is 10.5 Å². The quantitative estimate of drug-likeness (QED) is 0.476. The molecule has 1 aromatic carbocycles. The summed E-state index contributed by atoms with van der Waals surface area (Å²) < 4.78 is 2.96. The normalized spacial score (nSPS) is 11.4. The summed E-state index contributed by atoms with van der Waals surface area (Å²) in [7, 11) is 3.78. The van der Waals surface area contributed by atoms with Crippen molar-refractivity contribution >= 4 is 60.5 Å². The molecule has 25 heavy (non-hydrogen) atoms. The molecular weight excluding hydrogens is 379 g/mol. The van der Waals surface area contributed by atoms with Crippen molar-refractivity contribution in [2.45, 2.75) is 0 Å². The number of fused-ring (bicyclic) bond motifs is 3. The van der Waals surface area contributed by atoms with Crippen molar-refractivity contribution in [1.29, 1.82) is 0 Å². The van der Waals surface area contributed by atoms with Gasteiger partial charge in [-0.3, -0.25) is 9.36 Å². The predicted molar refractivity (Wildman–Crippen MR) is 105 cm³/mol. The lowest BCUT2D eigenvalue weighted by Gasteiger charge is -2.15. The predicted octanol–water partition coefficient (Wildman–Crippen LogP) is 4.37. The summed E-state index contributed by atoms with van der Waals surface area (Å²) in [6.45, 7) is 0. The Hall–Kier alpha value is -2.15. The largest absolute Gasteiger partial charge is 0.375 e. The lowest BCUT2D eigenvalue weighted by molar-refractivity contribution is 0.967. The highest BCUT2D eigenvalue weighted by atomic mass is 35.5. The van der Waals surface area contributed by atoms with E-state index in [0.717, 1.165) is 15.8 Å². The molecule has 126 valence electrons. The number of benzene rings is 1. The molecule has 0 unspecified atom stereocenters. The van der Waals surface area contributed by atoms with Crippen LogP contribution in [0, 0.1) is 0 Å². The van der Waals surface area contributed by atoms with E-state index in [1.165, 1.54) is 22.2 Å². The molecule has 0 radical (unpaired) electrons. The van der Waals surface area contributed by atoms with Crippen molar-refractivity contribution in [2.24, 2.45) is 0 Å². The molecule has 3 heterocycles. The van der Waals surface area contributed by atoms with E-state index in [1.807, 2.05) is 19.0 Å². The Morgan fingerprint density at radius 2 is 1.84 bits per heavy atom. The first-order valence-electron chi connectivity index (χ1n) is 7.39. The fourth-order valence-corrected chi connectivity index (χ4v) is 4.27. The molecule has 0 saturated carbocycles. The minimum absolute atomic E-state index is 0.130. The molecule has 0 atom stereocenters. The van der Waals surface area contributed by atoms with E-state index in [0.29, 0.717) is 26.1 Å². The summed E-state index contributed by atoms with van der Waals surface area (Å²) in [4.78, 5) is 23.6. The molecule has 5 nitrogen and oxygen atoms in total. The van der Waals surface area contributed by atoms with E-state index in [-0.39, 0.29) is 5.56 Å². The van der Waals surface area contributed by atoms with E-state index in [2.05, 4.69) is 9.97 Å². The van der Waals surface area contributed by atoms with E-state index in [1.54, 1.807) is 30.5 Å². The maximum atomic E-state index is 13.0. The number of aromatic nitrogens is 3. The highest BCUT2D eigenvalue weighted by Gasteiger charge is 2.19. The third kappa shape index (κ3) is 2.57. The zero-order valence-electron chi connectivity index (χ0n) is 13.3. The highest BCUT2D eigenvalue weighted by molar-refractivity contribution is 7.25. The number of hydrogen-bond donors (Lipinski definition) is 0. The highest BCUT2D eigenvalue weighted by Crippen LogP contribution is 2.39. The van der Waals surface area contributed by atoms with Gasteiger partial charge >= 0.3 is 0 Å². The Bertz CT molecular complexity index is 1170. The fourth-order valence-electron chi connectivity index (χ4n) is 2.78. The van der Waals surface area contributed by atoms with E-state index in [9.17, 15) is 4.79 Å². The molecule has 4 rings (SSSR count). The van der Waals surface area contributed by atoms with Gasteiger partial charge in [0.05, 0.1) is 21.6 Å². The maximum Gasteiger partial charge on any atom is 0.275 e. The molecule has 0 saturated heterocycles. The number of halogens is 2. The van der Waals surface area contributed by atoms with Gasteiger partial charge < -0.3 is 4.90 Å². The Balaban J connectivity index is 2.06. The Morgan fingerprint density at radius 3 is 2.52 bits per heavy atom. The lowest BCUT2D eigenvalue weighted by atomic mass is 10.2. The molecule has 0 aliphatic carbocycles. The van der Waals surface area contributed by atoms with Gasteiger partial charge in [0, 0.05) is 30.7 Å². The Kier molecular flexibility index (Phi) is 3.91. The lowest BCUT2D eigenvalue weighted by Crippen LogP contribution is -2.17. The van der Waals surface area contributed by atoms with Crippen molar-refractivity contribution in [3.63, 3.8) is 0 Å². The van der Waals surface area contributed by atoms with Crippen molar-refractivity contribution in [2.75, 3.05) is 19.0 Å². The zero-order valence-corrected chi connectivity index (χ0v) is 15.7. The monoisotopic (exact) mass is 390 g/mol. The third-order valence-corrected chi connectivity index (χ3v) is 5.54. The van der Waals surface area contributed by atoms with Crippen LogP contribution in [0.2, 0.25) is 10.2 Å². The Labute approximate surface area is 157 Å². The number of anilines is 1. The number of pyridine rings is 1. The average molecular weight is 391 g/mol. The second-order valence-corrected chi connectivity index (χ2v) is 7.55. The maximum absolute atomic E-state index is 13.0. The molecule has 4 aromatic rings. The van der Waals surface area contributed by atoms with Crippen LogP contribution in [0.15, 0.2) is 41.6 Å². The van der Waals surface area contributed by atoms with Gasteiger partial charge in [0.25, 0.3) is 5.56 Å². The minimum Gasteiger partial charge on any atom is -0.375 e. The summed E-state index contributed by atoms with van der Waals surface area (Å²) in [6, 6.07) is 7.06. The van der Waals surface area contributed by atoms with Gasteiger partial charge in [0.15, 0.2) is 5.15 Å². The van der Waals surface area contributed by atoms with E-state index >= 15 is 0 Å². The minimum atomic E-state index is -0.130. The van der Waals surface area contributed by atoms with Gasteiger partial charge in [0.2, 0.25) is 0 Å². The van der Waals surface area contributed by atoms with Gasteiger partial charge in [0.1, 0.15) is 11.0 Å². The summed E-state index contributed by atoms with van der Waals surface area (Å²) in [5.41, 5.74) is 1.99. The van der Waals surface area contributed by atoms with Crippen molar-refractivity contribution in [1.82, 2.24) is 14.5 Å². The molecule has 8 heteroatoms. The number of rotatable bonds is 2. The fraction of sp³-hybridized carbons (Fsp3) is 0.118. The van der Waals surface area contributed by atoms with E-state index < -0.39 is 0 Å². The van der Waals surface area contributed by atoms with E-state index in [4.69, 9.17) is 23.2 Å². The molecule has 0 spiro atoms.